The molecule has 0 atom stereocenters. The van der Waals surface area contributed by atoms with E-state index in [4.69, 9.17) is 4.74 Å². The lowest BCUT2D eigenvalue weighted by Gasteiger charge is -2.38. The van der Waals surface area contributed by atoms with Gasteiger partial charge in [-0.05, 0) is 25.3 Å². The molecule has 0 bridgehead atoms. The van der Waals surface area contributed by atoms with Gasteiger partial charge < -0.3 is 14.7 Å². The van der Waals surface area contributed by atoms with Crippen LogP contribution in [0.25, 0.3) is 0 Å². The van der Waals surface area contributed by atoms with Crippen molar-refractivity contribution < 1.29 is 19.4 Å². The second-order valence-corrected chi connectivity index (χ2v) is 4.94. The molecule has 0 aromatic heterocycles. The molecule has 1 fully saturated rings. The third-order valence-electron chi connectivity index (χ3n) is 3.88. The Morgan fingerprint density at radius 2 is 1.85 bits per heavy atom. The van der Waals surface area contributed by atoms with Crippen molar-refractivity contribution in [2.45, 2.75) is 25.2 Å². The summed E-state index contributed by atoms with van der Waals surface area (Å²) in [5.74, 6) is -0.827. The van der Waals surface area contributed by atoms with Gasteiger partial charge in [0.25, 0.3) is 0 Å². The Balaban J connectivity index is 2.15. The first-order chi connectivity index (χ1) is 9.60. The van der Waals surface area contributed by atoms with Crippen molar-refractivity contribution in [2.24, 2.45) is 0 Å². The highest BCUT2D eigenvalue weighted by molar-refractivity contribution is 5.82. The van der Waals surface area contributed by atoms with Crippen molar-refractivity contribution >= 4 is 12.1 Å². The Morgan fingerprint density at radius 1 is 1.25 bits per heavy atom. The third kappa shape index (κ3) is 2.61. The molecule has 2 rings (SSSR count). The van der Waals surface area contributed by atoms with Crippen molar-refractivity contribution in [1.82, 2.24) is 4.90 Å². The number of benzene rings is 1. The summed E-state index contributed by atoms with van der Waals surface area (Å²) >= 11 is 0. The standard InChI is InChI=1S/C15H19NO4/c1-2-20-14(19)16-10-8-15(9-11-16,13(17)18)12-6-4-3-5-7-12/h3-7H,2,8-11H2,1H3,(H,17,18). The fourth-order valence-corrected chi connectivity index (χ4v) is 2.67. The molecule has 5 heteroatoms. The Hall–Kier alpha value is -2.04. The van der Waals surface area contributed by atoms with Crippen LogP contribution in [0, 0.1) is 0 Å². The normalized spacial score (nSPS) is 17.6. The molecule has 0 unspecified atom stereocenters. The highest BCUT2D eigenvalue weighted by atomic mass is 16.6. The molecule has 0 radical (unpaired) electrons. The average Bonchev–Trinajstić information content (AvgIpc) is 2.48. The van der Waals surface area contributed by atoms with Gasteiger partial charge in [0.05, 0.1) is 12.0 Å². The Morgan fingerprint density at radius 3 is 2.35 bits per heavy atom. The molecule has 108 valence electrons. The van der Waals surface area contributed by atoms with Crippen LogP contribution in [0.15, 0.2) is 30.3 Å². The van der Waals surface area contributed by atoms with Crippen LogP contribution in [0.2, 0.25) is 0 Å². The van der Waals surface area contributed by atoms with Crippen LogP contribution in [0.4, 0.5) is 4.79 Å². The molecular weight excluding hydrogens is 258 g/mol. The van der Waals surface area contributed by atoms with Crippen LogP contribution in [0.1, 0.15) is 25.3 Å². The SMILES string of the molecule is CCOC(=O)N1CCC(C(=O)O)(c2ccccc2)CC1. The van der Waals surface area contributed by atoms with E-state index < -0.39 is 11.4 Å². The first-order valence-corrected chi connectivity index (χ1v) is 6.81. The van der Waals surface area contributed by atoms with Crippen molar-refractivity contribution in [3.05, 3.63) is 35.9 Å². The zero-order chi connectivity index (χ0) is 14.6. The number of rotatable bonds is 3. The van der Waals surface area contributed by atoms with E-state index in [2.05, 4.69) is 0 Å². The zero-order valence-electron chi connectivity index (χ0n) is 11.5. The van der Waals surface area contributed by atoms with Crippen LogP contribution in [0.3, 0.4) is 0 Å². The number of amides is 1. The minimum absolute atomic E-state index is 0.331. The van der Waals surface area contributed by atoms with E-state index in [-0.39, 0.29) is 6.09 Å². The molecule has 1 heterocycles. The zero-order valence-corrected chi connectivity index (χ0v) is 11.5. The molecule has 5 nitrogen and oxygen atoms in total. The van der Waals surface area contributed by atoms with Crippen molar-refractivity contribution in [1.29, 1.82) is 0 Å². The van der Waals surface area contributed by atoms with Crippen molar-refractivity contribution in [2.75, 3.05) is 19.7 Å². The molecular formula is C15H19NO4. The Kier molecular flexibility index (Phi) is 4.27. The molecule has 0 spiro atoms. The van der Waals surface area contributed by atoms with Gasteiger partial charge in [-0.25, -0.2) is 4.79 Å². The lowest BCUT2D eigenvalue weighted by molar-refractivity contribution is -0.145. The van der Waals surface area contributed by atoms with E-state index in [0.717, 1.165) is 5.56 Å². The third-order valence-corrected chi connectivity index (χ3v) is 3.88. The van der Waals surface area contributed by atoms with E-state index >= 15 is 0 Å². The number of piperidine rings is 1. The lowest BCUT2D eigenvalue weighted by Crippen LogP contribution is -2.49. The highest BCUT2D eigenvalue weighted by Gasteiger charge is 2.44. The van der Waals surface area contributed by atoms with Crippen LogP contribution < -0.4 is 0 Å². The monoisotopic (exact) mass is 277 g/mol. The molecule has 1 aromatic carbocycles. The fourth-order valence-electron chi connectivity index (χ4n) is 2.67. The first-order valence-electron chi connectivity index (χ1n) is 6.81. The van der Waals surface area contributed by atoms with Crippen LogP contribution in [-0.4, -0.2) is 41.8 Å². The van der Waals surface area contributed by atoms with E-state index in [1.54, 1.807) is 11.8 Å². The van der Waals surface area contributed by atoms with Crippen molar-refractivity contribution in [3.63, 3.8) is 0 Å². The average molecular weight is 277 g/mol. The number of carbonyl (C=O) groups excluding carboxylic acids is 1. The number of hydrogen-bond donors (Lipinski definition) is 1. The maximum Gasteiger partial charge on any atom is 0.409 e. The van der Waals surface area contributed by atoms with Gasteiger partial charge in [-0.1, -0.05) is 30.3 Å². The summed E-state index contributed by atoms with van der Waals surface area (Å²) in [6.45, 7) is 2.89. The fraction of sp³-hybridized carbons (Fsp3) is 0.467. The molecule has 0 aliphatic carbocycles. The summed E-state index contributed by atoms with van der Waals surface area (Å²) in [5, 5.41) is 9.64. The number of carboxylic acids is 1. The second-order valence-electron chi connectivity index (χ2n) is 4.94. The summed E-state index contributed by atoms with van der Waals surface area (Å²) in [7, 11) is 0. The maximum absolute atomic E-state index is 11.7. The van der Waals surface area contributed by atoms with Gasteiger partial charge in [0.15, 0.2) is 0 Å². The molecule has 1 saturated heterocycles. The molecule has 0 saturated carbocycles. The molecule has 1 amide bonds. The number of ether oxygens (including phenoxy) is 1. The van der Waals surface area contributed by atoms with Gasteiger partial charge >= 0.3 is 12.1 Å². The predicted octanol–water partition coefficient (Wildman–Crippen LogP) is 2.26. The molecule has 1 aromatic rings. The summed E-state index contributed by atoms with van der Waals surface area (Å²) in [6.07, 6.45) is 0.454. The number of likely N-dealkylation sites (tertiary alicyclic amines) is 1. The van der Waals surface area contributed by atoms with Crippen LogP contribution in [0.5, 0.6) is 0 Å². The molecule has 20 heavy (non-hydrogen) atoms. The van der Waals surface area contributed by atoms with E-state index in [9.17, 15) is 14.7 Å². The predicted molar refractivity (Wildman–Crippen MR) is 73.6 cm³/mol. The largest absolute Gasteiger partial charge is 0.481 e. The van der Waals surface area contributed by atoms with E-state index in [1.165, 1.54) is 0 Å². The van der Waals surface area contributed by atoms with Gasteiger partial charge in [-0.2, -0.15) is 0 Å². The number of hydrogen-bond acceptors (Lipinski definition) is 3. The number of aliphatic carboxylic acids is 1. The Bertz CT molecular complexity index is 478. The van der Waals surface area contributed by atoms with Gasteiger partial charge in [0.2, 0.25) is 0 Å². The lowest BCUT2D eigenvalue weighted by atomic mass is 9.73. The quantitative estimate of drug-likeness (QED) is 0.920. The molecule has 1 N–H and O–H groups in total. The van der Waals surface area contributed by atoms with E-state index in [1.807, 2.05) is 30.3 Å². The highest BCUT2D eigenvalue weighted by Crippen LogP contribution is 2.36. The summed E-state index contributed by atoms with van der Waals surface area (Å²) in [4.78, 5) is 25.0. The number of carboxylic acid groups (broad SMARTS) is 1. The number of carbonyl (C=O) groups is 2. The van der Waals surface area contributed by atoms with Gasteiger partial charge in [0.1, 0.15) is 0 Å². The Labute approximate surface area is 118 Å². The summed E-state index contributed by atoms with van der Waals surface area (Å²) in [6, 6.07) is 9.24. The summed E-state index contributed by atoms with van der Waals surface area (Å²) < 4.78 is 4.96. The maximum atomic E-state index is 11.7. The van der Waals surface area contributed by atoms with Gasteiger partial charge in [0, 0.05) is 13.1 Å². The van der Waals surface area contributed by atoms with Gasteiger partial charge in [-0.3, -0.25) is 4.79 Å². The molecule has 1 aliphatic rings. The smallest absolute Gasteiger partial charge is 0.409 e. The minimum atomic E-state index is -0.899. The van der Waals surface area contributed by atoms with Crippen molar-refractivity contribution in [3.8, 4) is 0 Å². The molecule has 1 aliphatic heterocycles. The first kappa shape index (κ1) is 14.4. The van der Waals surface area contributed by atoms with Crippen LogP contribution in [-0.2, 0) is 14.9 Å². The van der Waals surface area contributed by atoms with Gasteiger partial charge in [-0.15, -0.1) is 0 Å². The number of nitrogens with zero attached hydrogens (tertiary/aromatic N) is 1. The second kappa shape index (κ2) is 5.94. The minimum Gasteiger partial charge on any atom is -0.481 e. The topological polar surface area (TPSA) is 66.8 Å². The summed E-state index contributed by atoms with van der Waals surface area (Å²) in [5.41, 5.74) is -0.0967. The van der Waals surface area contributed by atoms with E-state index in [0.29, 0.717) is 32.5 Å². The van der Waals surface area contributed by atoms with Crippen LogP contribution >= 0.6 is 0 Å².